The van der Waals surface area contributed by atoms with E-state index in [4.69, 9.17) is 4.74 Å². The van der Waals surface area contributed by atoms with E-state index >= 15 is 0 Å². The summed E-state index contributed by atoms with van der Waals surface area (Å²) in [5.74, 6) is -1.84. The summed E-state index contributed by atoms with van der Waals surface area (Å²) in [5, 5.41) is 2.67. The number of ether oxygens (including phenoxy) is 1. The van der Waals surface area contributed by atoms with Crippen LogP contribution in [0, 0.1) is 0 Å². The second-order valence-corrected chi connectivity index (χ2v) is 9.60. The Labute approximate surface area is 188 Å². The minimum atomic E-state index is -3.98. The van der Waals surface area contributed by atoms with Crippen molar-refractivity contribution in [2.75, 3.05) is 18.2 Å². The maximum absolute atomic E-state index is 13.0. The molecule has 9 heteroatoms. The van der Waals surface area contributed by atoms with Gasteiger partial charge in [0.15, 0.2) is 12.4 Å². The van der Waals surface area contributed by atoms with Crippen LogP contribution in [0.1, 0.15) is 26.3 Å². The van der Waals surface area contributed by atoms with E-state index in [1.165, 1.54) is 42.1 Å². The van der Waals surface area contributed by atoms with Crippen LogP contribution in [0.4, 0.5) is 5.69 Å². The first-order chi connectivity index (χ1) is 15.3. The van der Waals surface area contributed by atoms with E-state index in [0.29, 0.717) is 5.69 Å². The zero-order valence-corrected chi connectivity index (χ0v) is 18.5. The molecule has 1 amide bonds. The van der Waals surface area contributed by atoms with E-state index < -0.39 is 34.1 Å². The third-order valence-corrected chi connectivity index (χ3v) is 7.54. The summed E-state index contributed by atoms with van der Waals surface area (Å²) in [7, 11) is -3.98. The number of carbonyl (C=O) groups is 3. The van der Waals surface area contributed by atoms with Gasteiger partial charge in [0.25, 0.3) is 5.91 Å². The number of rotatable bonds is 5. The highest BCUT2D eigenvalue weighted by Gasteiger charge is 2.35. The smallest absolute Gasteiger partial charge is 0.338 e. The van der Waals surface area contributed by atoms with Gasteiger partial charge in [0.05, 0.1) is 21.0 Å². The molecule has 0 aromatic heterocycles. The summed E-state index contributed by atoms with van der Waals surface area (Å²) in [6, 6.07) is 16.8. The molecule has 7 nitrogen and oxygen atoms in total. The zero-order valence-electron chi connectivity index (χ0n) is 16.8. The van der Waals surface area contributed by atoms with Crippen LogP contribution < -0.4 is 5.32 Å². The Bertz CT molecular complexity index is 1360. The van der Waals surface area contributed by atoms with E-state index in [1.54, 1.807) is 18.2 Å². The van der Waals surface area contributed by atoms with E-state index in [0.717, 1.165) is 11.0 Å². The SMILES string of the molecule is CSc1ccccc1NC(=O)COC(=O)c1ccc2c(c1)S(=O)(=O)c1ccccc1C2=O. The van der Waals surface area contributed by atoms with Crippen molar-refractivity contribution in [2.45, 2.75) is 14.7 Å². The monoisotopic (exact) mass is 467 g/mol. The molecule has 3 aromatic rings. The van der Waals surface area contributed by atoms with Gasteiger partial charge in [-0.3, -0.25) is 9.59 Å². The van der Waals surface area contributed by atoms with Gasteiger partial charge in [-0.25, -0.2) is 13.2 Å². The first kappa shape index (κ1) is 21.8. The molecule has 0 aliphatic carbocycles. The average Bonchev–Trinajstić information content (AvgIpc) is 2.81. The van der Waals surface area contributed by atoms with Crippen molar-refractivity contribution in [3.05, 3.63) is 83.4 Å². The first-order valence-electron chi connectivity index (χ1n) is 9.46. The molecule has 32 heavy (non-hydrogen) atoms. The Kier molecular flexibility index (Phi) is 5.86. The lowest BCUT2D eigenvalue weighted by molar-refractivity contribution is -0.119. The number of esters is 1. The van der Waals surface area contributed by atoms with Crippen molar-refractivity contribution in [3.63, 3.8) is 0 Å². The third kappa shape index (κ3) is 3.92. The summed E-state index contributed by atoms with van der Waals surface area (Å²) in [5.41, 5.74) is 0.610. The number of fused-ring (bicyclic) bond motifs is 2. The molecule has 0 bridgehead atoms. The molecule has 3 aromatic carbocycles. The Balaban J connectivity index is 1.52. The van der Waals surface area contributed by atoms with Gasteiger partial charge < -0.3 is 10.1 Å². The Hall–Kier alpha value is -3.43. The van der Waals surface area contributed by atoms with Crippen molar-refractivity contribution in [3.8, 4) is 0 Å². The Morgan fingerprint density at radius 2 is 1.62 bits per heavy atom. The third-order valence-electron chi connectivity index (χ3n) is 4.89. The number of hydrogen-bond donors (Lipinski definition) is 1. The number of ketones is 1. The maximum atomic E-state index is 13.0. The van der Waals surface area contributed by atoms with Gasteiger partial charge in [0, 0.05) is 16.0 Å². The Morgan fingerprint density at radius 1 is 0.938 bits per heavy atom. The van der Waals surface area contributed by atoms with Gasteiger partial charge in [-0.05, 0) is 48.7 Å². The van der Waals surface area contributed by atoms with E-state index in [2.05, 4.69) is 5.32 Å². The van der Waals surface area contributed by atoms with Crippen molar-refractivity contribution in [1.82, 2.24) is 0 Å². The van der Waals surface area contributed by atoms with E-state index in [9.17, 15) is 22.8 Å². The second kappa shape index (κ2) is 8.60. The summed E-state index contributed by atoms with van der Waals surface area (Å²) in [4.78, 5) is 37.8. The second-order valence-electron chi connectivity index (χ2n) is 6.86. The standard InChI is InChI=1S/C23H17NO6S2/c1-31-18-8-4-3-7-17(18)24-21(25)13-30-23(27)14-10-11-16-20(12-14)32(28,29)19-9-5-2-6-15(19)22(16)26/h2-12H,13H2,1H3,(H,24,25). The lowest BCUT2D eigenvalue weighted by Gasteiger charge is -2.19. The normalized spacial score (nSPS) is 13.6. The molecule has 0 fully saturated rings. The molecule has 0 saturated heterocycles. The first-order valence-corrected chi connectivity index (χ1v) is 12.2. The van der Waals surface area contributed by atoms with Crippen LogP contribution in [0.5, 0.6) is 0 Å². The van der Waals surface area contributed by atoms with Crippen molar-refractivity contribution < 1.29 is 27.5 Å². The predicted molar refractivity (Wildman–Crippen MR) is 119 cm³/mol. The lowest BCUT2D eigenvalue weighted by Crippen LogP contribution is -2.23. The minimum Gasteiger partial charge on any atom is -0.452 e. The van der Waals surface area contributed by atoms with Gasteiger partial charge in [-0.1, -0.05) is 24.3 Å². The molecular formula is C23H17NO6S2. The number of sulfone groups is 1. The topological polar surface area (TPSA) is 107 Å². The highest BCUT2D eigenvalue weighted by atomic mass is 32.2. The van der Waals surface area contributed by atoms with Gasteiger partial charge >= 0.3 is 5.97 Å². The van der Waals surface area contributed by atoms with Crippen molar-refractivity contribution in [2.24, 2.45) is 0 Å². The molecule has 0 spiro atoms. The molecule has 1 aliphatic heterocycles. The summed E-state index contributed by atoms with van der Waals surface area (Å²) in [6.07, 6.45) is 1.87. The summed E-state index contributed by atoms with van der Waals surface area (Å²) in [6.45, 7) is -0.548. The molecule has 0 atom stereocenters. The number of thioether (sulfide) groups is 1. The molecule has 0 saturated carbocycles. The minimum absolute atomic E-state index is 0.00772. The molecule has 162 valence electrons. The average molecular weight is 468 g/mol. The molecule has 0 unspecified atom stereocenters. The molecule has 0 radical (unpaired) electrons. The van der Waals surface area contributed by atoms with Crippen LogP contribution in [0.25, 0.3) is 0 Å². The highest BCUT2D eigenvalue weighted by molar-refractivity contribution is 7.98. The van der Waals surface area contributed by atoms with Gasteiger partial charge in [0.2, 0.25) is 9.84 Å². The number of nitrogens with one attached hydrogen (secondary N) is 1. The fourth-order valence-corrected chi connectivity index (χ4v) is 5.59. The largest absolute Gasteiger partial charge is 0.452 e. The quantitative estimate of drug-likeness (QED) is 0.353. The fourth-order valence-electron chi connectivity index (χ4n) is 3.36. The molecule has 1 heterocycles. The maximum Gasteiger partial charge on any atom is 0.338 e. The van der Waals surface area contributed by atoms with Crippen LogP contribution in [0.15, 0.2) is 81.4 Å². The van der Waals surface area contributed by atoms with Crippen LogP contribution in [0.2, 0.25) is 0 Å². The number of para-hydroxylation sites is 1. The van der Waals surface area contributed by atoms with Crippen molar-refractivity contribution in [1.29, 1.82) is 0 Å². The predicted octanol–water partition coefficient (Wildman–Crippen LogP) is 3.58. The summed E-state index contributed by atoms with van der Waals surface area (Å²) >= 11 is 1.46. The molecular weight excluding hydrogens is 450 g/mol. The summed E-state index contributed by atoms with van der Waals surface area (Å²) < 4.78 is 31.0. The number of amides is 1. The number of anilines is 1. The molecule has 4 rings (SSSR count). The fraction of sp³-hybridized carbons (Fsp3) is 0.0870. The number of benzene rings is 3. The van der Waals surface area contributed by atoms with Gasteiger partial charge in [-0.15, -0.1) is 11.8 Å². The van der Waals surface area contributed by atoms with E-state index in [1.807, 2.05) is 18.4 Å². The molecule has 1 N–H and O–H groups in total. The number of carbonyl (C=O) groups excluding carboxylic acids is 3. The van der Waals surface area contributed by atoms with Crippen LogP contribution in [-0.4, -0.2) is 38.9 Å². The van der Waals surface area contributed by atoms with Gasteiger partial charge in [-0.2, -0.15) is 0 Å². The van der Waals surface area contributed by atoms with Crippen LogP contribution in [0.3, 0.4) is 0 Å². The lowest BCUT2D eigenvalue weighted by atomic mass is 10.0. The Morgan fingerprint density at radius 3 is 2.41 bits per heavy atom. The van der Waals surface area contributed by atoms with Crippen molar-refractivity contribution >= 4 is 44.9 Å². The zero-order chi connectivity index (χ0) is 22.9. The molecule has 1 aliphatic rings. The number of hydrogen-bond acceptors (Lipinski definition) is 7. The van der Waals surface area contributed by atoms with Gasteiger partial charge in [0.1, 0.15) is 0 Å². The van der Waals surface area contributed by atoms with E-state index in [-0.39, 0.29) is 26.5 Å². The van der Waals surface area contributed by atoms with Crippen LogP contribution in [-0.2, 0) is 19.4 Å². The highest BCUT2D eigenvalue weighted by Crippen LogP contribution is 2.34. The van der Waals surface area contributed by atoms with Crippen LogP contribution >= 0.6 is 11.8 Å².